The number of esters is 1. The number of hydrogen-bond donors (Lipinski definition) is 0. The van der Waals surface area contributed by atoms with Crippen molar-refractivity contribution in [2.45, 2.75) is 19.5 Å². The number of amides is 1. The summed E-state index contributed by atoms with van der Waals surface area (Å²) in [6.45, 7) is 1.19. The van der Waals surface area contributed by atoms with Crippen LogP contribution in [0.2, 0.25) is 0 Å². The molecular formula is C18H17NO3. The Labute approximate surface area is 129 Å². The van der Waals surface area contributed by atoms with Gasteiger partial charge >= 0.3 is 5.97 Å². The minimum absolute atomic E-state index is 0.0336. The van der Waals surface area contributed by atoms with Gasteiger partial charge in [0.1, 0.15) is 0 Å². The largest absolute Gasteiger partial charge is 0.469 e. The molecule has 4 nitrogen and oxygen atoms in total. The lowest BCUT2D eigenvalue weighted by molar-refractivity contribution is -0.139. The monoisotopic (exact) mass is 295 g/mol. The summed E-state index contributed by atoms with van der Waals surface area (Å²) < 4.78 is 4.69. The van der Waals surface area contributed by atoms with Crippen molar-refractivity contribution >= 4 is 11.9 Å². The van der Waals surface area contributed by atoms with Crippen LogP contribution in [0.25, 0.3) is 0 Å². The van der Waals surface area contributed by atoms with Gasteiger partial charge in [0.2, 0.25) is 0 Å². The Kier molecular flexibility index (Phi) is 3.92. The molecule has 1 heterocycles. The topological polar surface area (TPSA) is 46.6 Å². The van der Waals surface area contributed by atoms with E-state index in [1.807, 2.05) is 53.4 Å². The van der Waals surface area contributed by atoms with Gasteiger partial charge in [-0.05, 0) is 28.8 Å². The normalized spacial score (nSPS) is 12.9. The smallest absolute Gasteiger partial charge is 0.309 e. The van der Waals surface area contributed by atoms with E-state index in [1.165, 1.54) is 7.11 Å². The number of carbonyl (C=O) groups is 2. The first-order valence-electron chi connectivity index (χ1n) is 7.19. The van der Waals surface area contributed by atoms with Crippen molar-refractivity contribution in [1.82, 2.24) is 4.90 Å². The van der Waals surface area contributed by atoms with E-state index >= 15 is 0 Å². The molecule has 112 valence electrons. The molecule has 2 aromatic rings. The lowest BCUT2D eigenvalue weighted by Gasteiger charge is -2.15. The van der Waals surface area contributed by atoms with Gasteiger partial charge in [-0.1, -0.05) is 36.4 Å². The summed E-state index contributed by atoms with van der Waals surface area (Å²) in [6, 6.07) is 15.2. The van der Waals surface area contributed by atoms with Gasteiger partial charge in [0.05, 0.1) is 13.5 Å². The van der Waals surface area contributed by atoms with Crippen LogP contribution < -0.4 is 0 Å². The summed E-state index contributed by atoms with van der Waals surface area (Å²) in [5.74, 6) is -0.221. The molecule has 22 heavy (non-hydrogen) atoms. The van der Waals surface area contributed by atoms with Gasteiger partial charge in [-0.3, -0.25) is 9.59 Å². The van der Waals surface area contributed by atoms with Gasteiger partial charge in [-0.25, -0.2) is 0 Å². The van der Waals surface area contributed by atoms with Crippen LogP contribution in [0.15, 0.2) is 48.5 Å². The Bertz CT molecular complexity index is 710. The van der Waals surface area contributed by atoms with E-state index in [0.29, 0.717) is 18.7 Å². The summed E-state index contributed by atoms with van der Waals surface area (Å²) in [4.78, 5) is 25.6. The Hall–Kier alpha value is -2.62. The molecule has 0 spiro atoms. The van der Waals surface area contributed by atoms with E-state index < -0.39 is 0 Å². The van der Waals surface area contributed by atoms with E-state index in [9.17, 15) is 9.59 Å². The number of carbonyl (C=O) groups excluding carboxylic acids is 2. The molecule has 0 bridgehead atoms. The number of benzene rings is 2. The minimum atomic E-state index is -0.254. The zero-order valence-electron chi connectivity index (χ0n) is 12.4. The SMILES string of the molecule is COC(=O)Cc1ccc2c(c1)CN(C(=O)c1ccccc1)C2. The van der Waals surface area contributed by atoms with Crippen molar-refractivity contribution in [2.75, 3.05) is 7.11 Å². The second-order valence-corrected chi connectivity index (χ2v) is 5.38. The summed E-state index contributed by atoms with van der Waals surface area (Å²) in [6.07, 6.45) is 0.260. The number of hydrogen-bond acceptors (Lipinski definition) is 3. The molecule has 0 fully saturated rings. The third-order valence-corrected chi connectivity index (χ3v) is 3.88. The summed E-state index contributed by atoms with van der Waals surface area (Å²) in [7, 11) is 1.38. The van der Waals surface area contributed by atoms with E-state index in [-0.39, 0.29) is 18.3 Å². The van der Waals surface area contributed by atoms with Crippen LogP contribution >= 0.6 is 0 Å². The van der Waals surface area contributed by atoms with Crippen molar-refractivity contribution in [3.8, 4) is 0 Å². The third-order valence-electron chi connectivity index (χ3n) is 3.88. The molecule has 1 aliphatic heterocycles. The fourth-order valence-corrected chi connectivity index (χ4v) is 2.70. The third kappa shape index (κ3) is 2.86. The molecule has 0 saturated carbocycles. The van der Waals surface area contributed by atoms with Gasteiger partial charge in [0.25, 0.3) is 5.91 Å². The van der Waals surface area contributed by atoms with Gasteiger partial charge < -0.3 is 9.64 Å². The minimum Gasteiger partial charge on any atom is -0.469 e. The van der Waals surface area contributed by atoms with Crippen LogP contribution in [0.1, 0.15) is 27.0 Å². The van der Waals surface area contributed by atoms with Crippen LogP contribution in [0.3, 0.4) is 0 Å². The van der Waals surface area contributed by atoms with Gasteiger partial charge in [-0.15, -0.1) is 0 Å². The molecule has 1 aliphatic rings. The van der Waals surface area contributed by atoms with Gasteiger partial charge in [0.15, 0.2) is 0 Å². The molecule has 0 radical (unpaired) electrons. The fourth-order valence-electron chi connectivity index (χ4n) is 2.70. The number of nitrogens with zero attached hydrogens (tertiary/aromatic N) is 1. The Morgan fingerprint density at radius 1 is 1.05 bits per heavy atom. The number of ether oxygens (including phenoxy) is 1. The number of fused-ring (bicyclic) bond motifs is 1. The summed E-state index contributed by atoms with van der Waals surface area (Å²) in [5.41, 5.74) is 3.85. The lowest BCUT2D eigenvalue weighted by Crippen LogP contribution is -2.25. The van der Waals surface area contributed by atoms with Crippen LogP contribution in [-0.4, -0.2) is 23.9 Å². The average Bonchev–Trinajstić information content (AvgIpc) is 2.98. The second kappa shape index (κ2) is 6.02. The molecular weight excluding hydrogens is 278 g/mol. The quantitative estimate of drug-likeness (QED) is 0.818. The lowest BCUT2D eigenvalue weighted by atomic mass is 10.0. The first-order chi connectivity index (χ1) is 10.7. The molecule has 0 unspecified atom stereocenters. The molecule has 0 aromatic heterocycles. The highest BCUT2D eigenvalue weighted by Gasteiger charge is 2.24. The molecule has 0 saturated heterocycles. The molecule has 2 aromatic carbocycles. The van der Waals surface area contributed by atoms with Crippen LogP contribution in [0.4, 0.5) is 0 Å². The first-order valence-corrected chi connectivity index (χ1v) is 7.19. The molecule has 0 atom stereocenters. The van der Waals surface area contributed by atoms with Crippen LogP contribution in [-0.2, 0) is 29.0 Å². The highest BCUT2D eigenvalue weighted by Crippen LogP contribution is 2.25. The zero-order valence-corrected chi connectivity index (χ0v) is 12.4. The molecule has 0 aliphatic carbocycles. The maximum Gasteiger partial charge on any atom is 0.309 e. The van der Waals surface area contributed by atoms with Crippen molar-refractivity contribution < 1.29 is 14.3 Å². The standard InChI is InChI=1S/C18H17NO3/c1-22-17(20)10-13-7-8-15-11-19(12-16(15)9-13)18(21)14-5-3-2-4-6-14/h2-9H,10-12H2,1H3. The Balaban J connectivity index is 1.75. The predicted octanol–water partition coefficient (Wildman–Crippen LogP) is 2.56. The van der Waals surface area contributed by atoms with E-state index in [4.69, 9.17) is 0 Å². The Morgan fingerprint density at radius 2 is 1.77 bits per heavy atom. The number of methoxy groups -OCH3 is 1. The Morgan fingerprint density at radius 3 is 2.50 bits per heavy atom. The van der Waals surface area contributed by atoms with Crippen molar-refractivity contribution in [3.63, 3.8) is 0 Å². The summed E-state index contributed by atoms with van der Waals surface area (Å²) >= 11 is 0. The van der Waals surface area contributed by atoms with Gasteiger partial charge in [0, 0.05) is 18.7 Å². The maximum absolute atomic E-state index is 12.5. The van der Waals surface area contributed by atoms with E-state index in [0.717, 1.165) is 16.7 Å². The van der Waals surface area contributed by atoms with Crippen LogP contribution in [0, 0.1) is 0 Å². The van der Waals surface area contributed by atoms with E-state index in [1.54, 1.807) is 0 Å². The van der Waals surface area contributed by atoms with Crippen molar-refractivity contribution in [2.24, 2.45) is 0 Å². The zero-order chi connectivity index (χ0) is 15.5. The summed E-state index contributed by atoms with van der Waals surface area (Å²) in [5, 5.41) is 0. The highest BCUT2D eigenvalue weighted by molar-refractivity contribution is 5.94. The maximum atomic E-state index is 12.5. The highest BCUT2D eigenvalue weighted by atomic mass is 16.5. The molecule has 0 N–H and O–H groups in total. The number of rotatable bonds is 3. The first kappa shape index (κ1) is 14.3. The average molecular weight is 295 g/mol. The van der Waals surface area contributed by atoms with E-state index in [2.05, 4.69) is 4.74 Å². The van der Waals surface area contributed by atoms with Crippen molar-refractivity contribution in [1.29, 1.82) is 0 Å². The van der Waals surface area contributed by atoms with Crippen LogP contribution in [0.5, 0.6) is 0 Å². The fraction of sp³-hybridized carbons (Fsp3) is 0.222. The molecule has 4 heteroatoms. The van der Waals surface area contributed by atoms with Gasteiger partial charge in [-0.2, -0.15) is 0 Å². The molecule has 1 amide bonds. The predicted molar refractivity (Wildman–Crippen MR) is 82.2 cm³/mol. The van der Waals surface area contributed by atoms with Crippen molar-refractivity contribution in [3.05, 3.63) is 70.8 Å². The molecule has 3 rings (SSSR count). The second-order valence-electron chi connectivity index (χ2n) is 5.38.